The van der Waals surface area contributed by atoms with E-state index < -0.39 is 0 Å². The van der Waals surface area contributed by atoms with Crippen LogP contribution in [0.2, 0.25) is 0 Å². The molecule has 0 bridgehead atoms. The molecule has 2 amide bonds. The fourth-order valence-electron chi connectivity index (χ4n) is 3.21. The van der Waals surface area contributed by atoms with Crippen LogP contribution in [0.4, 0.5) is 4.79 Å². The Morgan fingerprint density at radius 2 is 2.00 bits per heavy atom. The third-order valence-electron chi connectivity index (χ3n) is 4.30. The molecule has 0 aromatic rings. The van der Waals surface area contributed by atoms with Crippen LogP contribution in [0.3, 0.4) is 0 Å². The molecule has 98 valence electrons. The highest BCUT2D eigenvalue weighted by Crippen LogP contribution is 2.31. The molecule has 17 heavy (non-hydrogen) atoms. The van der Waals surface area contributed by atoms with Gasteiger partial charge in [0.2, 0.25) is 0 Å². The second-order valence-electron chi connectivity index (χ2n) is 5.41. The summed E-state index contributed by atoms with van der Waals surface area (Å²) in [6.45, 7) is 2.65. The molecule has 1 heterocycles. The summed E-state index contributed by atoms with van der Waals surface area (Å²) in [7, 11) is 3.91. The lowest BCUT2D eigenvalue weighted by Gasteiger charge is -2.30. The summed E-state index contributed by atoms with van der Waals surface area (Å²) < 4.78 is 0. The normalized spacial score (nSPS) is 26.9. The summed E-state index contributed by atoms with van der Waals surface area (Å²) in [6, 6.07) is 0.676. The van der Waals surface area contributed by atoms with Crippen molar-refractivity contribution in [2.75, 3.05) is 33.7 Å². The first-order valence-corrected chi connectivity index (χ1v) is 6.90. The van der Waals surface area contributed by atoms with Crippen molar-refractivity contribution < 1.29 is 4.79 Å². The SMILES string of the molecule is CNCCN1CC(C2CCCCC2)N(C)C1=O. The van der Waals surface area contributed by atoms with Gasteiger partial charge in [-0.2, -0.15) is 0 Å². The smallest absolute Gasteiger partial charge is 0.320 e. The topological polar surface area (TPSA) is 35.6 Å². The van der Waals surface area contributed by atoms with Crippen LogP contribution in [0.25, 0.3) is 0 Å². The molecular formula is C13H25N3O. The molecule has 2 rings (SSSR count). The average molecular weight is 239 g/mol. The van der Waals surface area contributed by atoms with Gasteiger partial charge in [0.15, 0.2) is 0 Å². The van der Waals surface area contributed by atoms with Crippen molar-refractivity contribution in [3.05, 3.63) is 0 Å². The van der Waals surface area contributed by atoms with E-state index in [1.54, 1.807) is 0 Å². The quantitative estimate of drug-likeness (QED) is 0.807. The fraction of sp³-hybridized carbons (Fsp3) is 0.923. The van der Waals surface area contributed by atoms with E-state index in [1.807, 2.05) is 23.9 Å². The Balaban J connectivity index is 1.92. The van der Waals surface area contributed by atoms with E-state index in [0.29, 0.717) is 6.04 Å². The summed E-state index contributed by atoms with van der Waals surface area (Å²) in [6.07, 6.45) is 6.69. The highest BCUT2D eigenvalue weighted by molar-refractivity contribution is 5.77. The number of rotatable bonds is 4. The number of nitrogens with zero attached hydrogens (tertiary/aromatic N) is 2. The lowest BCUT2D eigenvalue weighted by atomic mass is 9.84. The van der Waals surface area contributed by atoms with Gasteiger partial charge < -0.3 is 15.1 Å². The zero-order valence-corrected chi connectivity index (χ0v) is 11.1. The van der Waals surface area contributed by atoms with Gasteiger partial charge in [-0.1, -0.05) is 19.3 Å². The van der Waals surface area contributed by atoms with Crippen LogP contribution < -0.4 is 5.32 Å². The predicted molar refractivity (Wildman–Crippen MR) is 69.0 cm³/mol. The summed E-state index contributed by atoms with van der Waals surface area (Å²) in [5, 5.41) is 3.11. The number of likely N-dealkylation sites (N-methyl/N-ethyl adjacent to an activating group) is 2. The van der Waals surface area contributed by atoms with Crippen molar-refractivity contribution in [2.45, 2.75) is 38.1 Å². The van der Waals surface area contributed by atoms with Gasteiger partial charge in [0.25, 0.3) is 0 Å². The molecule has 1 N–H and O–H groups in total. The summed E-state index contributed by atoms with van der Waals surface area (Å²) >= 11 is 0. The Hall–Kier alpha value is -0.770. The molecule has 2 aliphatic rings. The van der Waals surface area contributed by atoms with Gasteiger partial charge >= 0.3 is 6.03 Å². The standard InChI is InChI=1S/C13H25N3O/c1-14-8-9-16-10-12(15(2)13(16)17)11-6-4-3-5-7-11/h11-12,14H,3-10H2,1-2H3. The van der Waals surface area contributed by atoms with Crippen molar-refractivity contribution in [1.29, 1.82) is 0 Å². The van der Waals surface area contributed by atoms with Gasteiger partial charge in [-0.25, -0.2) is 4.79 Å². The lowest BCUT2D eigenvalue weighted by Crippen LogP contribution is -2.37. The molecule has 1 aliphatic heterocycles. The molecule has 1 atom stereocenters. The molecule has 1 aliphatic carbocycles. The minimum absolute atomic E-state index is 0.218. The second kappa shape index (κ2) is 5.71. The molecule has 4 nitrogen and oxygen atoms in total. The van der Waals surface area contributed by atoms with Crippen LogP contribution in [0.5, 0.6) is 0 Å². The Morgan fingerprint density at radius 3 is 2.65 bits per heavy atom. The van der Waals surface area contributed by atoms with E-state index >= 15 is 0 Å². The summed E-state index contributed by atoms with van der Waals surface area (Å²) in [5.41, 5.74) is 0. The maximum absolute atomic E-state index is 12.1. The van der Waals surface area contributed by atoms with Gasteiger partial charge in [-0.3, -0.25) is 0 Å². The summed E-state index contributed by atoms with van der Waals surface area (Å²) in [4.78, 5) is 16.1. The molecule has 1 saturated carbocycles. The third kappa shape index (κ3) is 2.73. The van der Waals surface area contributed by atoms with Crippen LogP contribution in [0.15, 0.2) is 0 Å². The Labute approximate surface area is 104 Å². The van der Waals surface area contributed by atoms with Gasteiger partial charge in [0.05, 0.1) is 6.04 Å². The van der Waals surface area contributed by atoms with Crippen LogP contribution in [-0.2, 0) is 0 Å². The van der Waals surface area contributed by atoms with E-state index in [4.69, 9.17) is 0 Å². The van der Waals surface area contributed by atoms with Gasteiger partial charge in [0.1, 0.15) is 0 Å². The van der Waals surface area contributed by atoms with Gasteiger partial charge in [-0.15, -0.1) is 0 Å². The zero-order chi connectivity index (χ0) is 12.3. The summed E-state index contributed by atoms with van der Waals surface area (Å²) in [5.74, 6) is 0.734. The van der Waals surface area contributed by atoms with E-state index in [2.05, 4.69) is 5.32 Å². The van der Waals surface area contributed by atoms with Crippen molar-refractivity contribution in [3.8, 4) is 0 Å². The zero-order valence-electron chi connectivity index (χ0n) is 11.1. The third-order valence-corrected chi connectivity index (χ3v) is 4.30. The fourth-order valence-corrected chi connectivity index (χ4v) is 3.21. The number of hydrogen-bond donors (Lipinski definition) is 1. The first kappa shape index (κ1) is 12.7. The van der Waals surface area contributed by atoms with Gasteiger partial charge in [-0.05, 0) is 25.8 Å². The molecular weight excluding hydrogens is 214 g/mol. The number of urea groups is 1. The predicted octanol–water partition coefficient (Wildman–Crippen LogP) is 1.52. The van der Waals surface area contributed by atoms with Crippen molar-refractivity contribution in [3.63, 3.8) is 0 Å². The maximum Gasteiger partial charge on any atom is 0.320 e. The molecule has 0 aromatic carbocycles. The number of amides is 2. The Kier molecular flexibility index (Phi) is 4.26. The number of carbonyl (C=O) groups excluding carboxylic acids is 1. The van der Waals surface area contributed by atoms with E-state index in [-0.39, 0.29) is 6.03 Å². The van der Waals surface area contributed by atoms with E-state index in [0.717, 1.165) is 25.6 Å². The van der Waals surface area contributed by atoms with Crippen molar-refractivity contribution in [1.82, 2.24) is 15.1 Å². The largest absolute Gasteiger partial charge is 0.323 e. The molecule has 0 radical (unpaired) electrons. The average Bonchev–Trinajstić information content (AvgIpc) is 2.65. The minimum Gasteiger partial charge on any atom is -0.323 e. The van der Waals surface area contributed by atoms with E-state index in [9.17, 15) is 4.79 Å². The maximum atomic E-state index is 12.1. The monoisotopic (exact) mass is 239 g/mol. The number of hydrogen-bond acceptors (Lipinski definition) is 2. The highest BCUT2D eigenvalue weighted by atomic mass is 16.2. The van der Waals surface area contributed by atoms with Crippen LogP contribution in [0, 0.1) is 5.92 Å². The molecule has 0 aromatic heterocycles. The molecule has 1 saturated heterocycles. The van der Waals surface area contributed by atoms with Crippen molar-refractivity contribution in [2.24, 2.45) is 5.92 Å². The molecule has 2 fully saturated rings. The van der Waals surface area contributed by atoms with Crippen LogP contribution in [0.1, 0.15) is 32.1 Å². The Morgan fingerprint density at radius 1 is 1.29 bits per heavy atom. The van der Waals surface area contributed by atoms with Gasteiger partial charge in [0, 0.05) is 26.7 Å². The van der Waals surface area contributed by atoms with Crippen LogP contribution in [-0.4, -0.2) is 55.6 Å². The highest BCUT2D eigenvalue weighted by Gasteiger charge is 2.38. The number of carbonyl (C=O) groups is 1. The molecule has 0 spiro atoms. The molecule has 1 unspecified atom stereocenters. The number of nitrogens with one attached hydrogen (secondary N) is 1. The first-order chi connectivity index (χ1) is 8.24. The van der Waals surface area contributed by atoms with Crippen LogP contribution >= 0.6 is 0 Å². The van der Waals surface area contributed by atoms with Crippen molar-refractivity contribution >= 4 is 6.03 Å². The molecule has 4 heteroatoms. The second-order valence-corrected chi connectivity index (χ2v) is 5.41. The lowest BCUT2D eigenvalue weighted by molar-refractivity contribution is 0.180. The Bertz CT molecular complexity index is 259. The first-order valence-electron chi connectivity index (χ1n) is 6.90. The van der Waals surface area contributed by atoms with E-state index in [1.165, 1.54) is 32.1 Å². The minimum atomic E-state index is 0.218.